The Balaban J connectivity index is 1.83. The number of rotatable bonds is 9. The molecule has 0 spiro atoms. The van der Waals surface area contributed by atoms with Gasteiger partial charge in [-0.25, -0.2) is 0 Å². The molecule has 3 N–H and O–H groups in total. The van der Waals surface area contributed by atoms with Crippen LogP contribution in [0, 0.1) is 29.6 Å². The second kappa shape index (κ2) is 10.1. The topological polar surface area (TPSA) is 87.0 Å². The van der Waals surface area contributed by atoms with E-state index in [9.17, 15) is 15.0 Å². The highest BCUT2D eigenvalue weighted by molar-refractivity contribution is 5.66. The fourth-order valence-corrected chi connectivity index (χ4v) is 4.10. The molecule has 2 unspecified atom stereocenters. The van der Waals surface area contributed by atoms with Crippen molar-refractivity contribution in [1.82, 2.24) is 0 Å². The van der Waals surface area contributed by atoms with E-state index in [4.69, 9.17) is 9.84 Å². The highest BCUT2D eigenvalue weighted by Crippen LogP contribution is 2.45. The van der Waals surface area contributed by atoms with Crippen LogP contribution in [0.3, 0.4) is 0 Å². The molecule has 5 nitrogen and oxygen atoms in total. The number of aliphatic carboxylic acids is 1. The predicted octanol–water partition coefficient (Wildman–Crippen LogP) is 2.75. The Morgan fingerprint density at radius 3 is 2.81 bits per heavy atom. The van der Waals surface area contributed by atoms with E-state index < -0.39 is 18.2 Å². The maximum absolute atomic E-state index is 10.6. The van der Waals surface area contributed by atoms with Crippen LogP contribution in [0.4, 0.5) is 0 Å². The zero-order valence-electron chi connectivity index (χ0n) is 15.8. The average molecular weight is 364 g/mol. The quantitative estimate of drug-likeness (QED) is 0.333. The number of carbonyl (C=O) groups is 1. The molecule has 0 aromatic carbocycles. The first kappa shape index (κ1) is 21.0. The van der Waals surface area contributed by atoms with E-state index in [-0.39, 0.29) is 36.4 Å². The molecule has 1 aliphatic carbocycles. The summed E-state index contributed by atoms with van der Waals surface area (Å²) < 4.78 is 6.08. The SMILES string of the molecule is CC#CCC(C)[C@H](O)/C=C/[C@H]1[C@H](O)CC2O[C@@H](CCCCC(=O)O)C[C@@H]21. The van der Waals surface area contributed by atoms with Crippen molar-refractivity contribution >= 4 is 5.97 Å². The summed E-state index contributed by atoms with van der Waals surface area (Å²) >= 11 is 0. The number of unbranched alkanes of at least 4 members (excludes halogenated alkanes) is 1. The molecule has 1 heterocycles. The molecule has 7 atom stereocenters. The van der Waals surface area contributed by atoms with Crippen LogP contribution < -0.4 is 0 Å². The van der Waals surface area contributed by atoms with Crippen molar-refractivity contribution < 1.29 is 24.9 Å². The molecule has 2 rings (SSSR count). The first-order chi connectivity index (χ1) is 12.4. The Labute approximate surface area is 156 Å². The van der Waals surface area contributed by atoms with E-state index in [1.54, 1.807) is 13.0 Å². The number of hydrogen-bond donors (Lipinski definition) is 3. The molecule has 2 aliphatic rings. The summed E-state index contributed by atoms with van der Waals surface area (Å²) in [6.45, 7) is 3.77. The molecular formula is C21H32O5. The standard InChI is InChI=1S/C21H32O5/c1-3-4-7-14(2)18(22)11-10-16-17-12-15(8-5-6-9-21(24)25)26-20(17)13-19(16)23/h10-11,14-20,22-23H,5-9,12-13H2,1-2H3,(H,24,25)/b11-10+/t14?,15-,16+,17+,18+,19+,20?/m0/s1. The van der Waals surface area contributed by atoms with E-state index >= 15 is 0 Å². The van der Waals surface area contributed by atoms with Crippen molar-refractivity contribution in [2.75, 3.05) is 0 Å². The summed E-state index contributed by atoms with van der Waals surface area (Å²) in [7, 11) is 0. The van der Waals surface area contributed by atoms with E-state index in [1.165, 1.54) is 0 Å². The monoisotopic (exact) mass is 364 g/mol. The van der Waals surface area contributed by atoms with Gasteiger partial charge in [0.15, 0.2) is 0 Å². The van der Waals surface area contributed by atoms with Crippen LogP contribution in [0.1, 0.15) is 58.8 Å². The average Bonchev–Trinajstić information content (AvgIpc) is 3.10. The molecule has 1 saturated heterocycles. The third-order valence-corrected chi connectivity index (χ3v) is 5.67. The number of fused-ring (bicyclic) bond motifs is 1. The number of hydrogen-bond acceptors (Lipinski definition) is 4. The Morgan fingerprint density at radius 1 is 1.35 bits per heavy atom. The highest BCUT2D eigenvalue weighted by atomic mass is 16.5. The van der Waals surface area contributed by atoms with Crippen LogP contribution in [0.2, 0.25) is 0 Å². The van der Waals surface area contributed by atoms with Gasteiger partial charge in [-0.15, -0.1) is 11.8 Å². The summed E-state index contributed by atoms with van der Waals surface area (Å²) in [6, 6.07) is 0. The summed E-state index contributed by atoms with van der Waals surface area (Å²) in [5.74, 6) is 5.45. The molecule has 1 aliphatic heterocycles. The van der Waals surface area contributed by atoms with Gasteiger partial charge in [0.25, 0.3) is 0 Å². The van der Waals surface area contributed by atoms with Gasteiger partial charge in [0.05, 0.1) is 24.4 Å². The summed E-state index contributed by atoms with van der Waals surface area (Å²) in [5, 5.41) is 29.3. The van der Waals surface area contributed by atoms with E-state index in [0.29, 0.717) is 19.3 Å². The van der Waals surface area contributed by atoms with Crippen LogP contribution >= 0.6 is 0 Å². The molecule has 0 radical (unpaired) electrons. The van der Waals surface area contributed by atoms with Gasteiger partial charge in [-0.3, -0.25) is 4.79 Å². The first-order valence-electron chi connectivity index (χ1n) is 9.73. The lowest BCUT2D eigenvalue weighted by atomic mass is 9.88. The van der Waals surface area contributed by atoms with Gasteiger partial charge in [-0.05, 0) is 38.0 Å². The van der Waals surface area contributed by atoms with Crippen LogP contribution in [0.15, 0.2) is 12.2 Å². The molecule has 146 valence electrons. The number of aliphatic hydroxyl groups is 2. The van der Waals surface area contributed by atoms with Crippen molar-refractivity contribution in [3.63, 3.8) is 0 Å². The second-order valence-corrected chi connectivity index (χ2v) is 7.70. The van der Waals surface area contributed by atoms with Crippen molar-refractivity contribution in [2.24, 2.45) is 17.8 Å². The van der Waals surface area contributed by atoms with Crippen LogP contribution in [0.5, 0.6) is 0 Å². The Kier molecular flexibility index (Phi) is 8.15. The van der Waals surface area contributed by atoms with Gasteiger partial charge in [0.1, 0.15) is 0 Å². The fourth-order valence-electron chi connectivity index (χ4n) is 4.10. The molecular weight excluding hydrogens is 332 g/mol. The predicted molar refractivity (Wildman–Crippen MR) is 99.4 cm³/mol. The molecule has 0 aromatic heterocycles. The third kappa shape index (κ3) is 5.84. The van der Waals surface area contributed by atoms with Gasteiger partial charge < -0.3 is 20.1 Å². The zero-order chi connectivity index (χ0) is 19.1. The molecule has 0 amide bonds. The number of aliphatic hydroxyl groups excluding tert-OH is 2. The minimum Gasteiger partial charge on any atom is -0.481 e. The van der Waals surface area contributed by atoms with Gasteiger partial charge in [-0.2, -0.15) is 0 Å². The van der Waals surface area contributed by atoms with E-state index in [2.05, 4.69) is 11.8 Å². The largest absolute Gasteiger partial charge is 0.481 e. The summed E-state index contributed by atoms with van der Waals surface area (Å²) in [4.78, 5) is 10.6. The molecule has 5 heteroatoms. The minimum absolute atomic E-state index is 0.0168. The molecule has 2 fully saturated rings. The number of carboxylic acids is 1. The number of carboxylic acid groups (broad SMARTS) is 1. The van der Waals surface area contributed by atoms with Crippen molar-refractivity contribution in [3.05, 3.63) is 12.2 Å². The van der Waals surface area contributed by atoms with Crippen LogP contribution in [-0.2, 0) is 9.53 Å². The second-order valence-electron chi connectivity index (χ2n) is 7.70. The maximum atomic E-state index is 10.6. The first-order valence-corrected chi connectivity index (χ1v) is 9.73. The van der Waals surface area contributed by atoms with Crippen LogP contribution in [0.25, 0.3) is 0 Å². The normalized spacial score (nSPS) is 32.8. The number of ether oxygens (including phenoxy) is 1. The Bertz CT molecular complexity index is 546. The lowest BCUT2D eigenvalue weighted by molar-refractivity contribution is -0.137. The van der Waals surface area contributed by atoms with Crippen molar-refractivity contribution in [3.8, 4) is 11.8 Å². The summed E-state index contributed by atoms with van der Waals surface area (Å²) in [6.07, 6.45) is 7.83. The molecule has 0 aromatic rings. The molecule has 0 bridgehead atoms. The lowest BCUT2D eigenvalue weighted by Gasteiger charge is -2.19. The van der Waals surface area contributed by atoms with Crippen LogP contribution in [-0.4, -0.2) is 45.7 Å². The third-order valence-electron chi connectivity index (χ3n) is 5.67. The lowest BCUT2D eigenvalue weighted by Crippen LogP contribution is -2.20. The maximum Gasteiger partial charge on any atom is 0.303 e. The molecule has 26 heavy (non-hydrogen) atoms. The van der Waals surface area contributed by atoms with E-state index in [0.717, 1.165) is 19.3 Å². The van der Waals surface area contributed by atoms with Gasteiger partial charge in [0, 0.05) is 25.2 Å². The van der Waals surface area contributed by atoms with Gasteiger partial charge in [0.2, 0.25) is 0 Å². The highest BCUT2D eigenvalue weighted by Gasteiger charge is 2.47. The minimum atomic E-state index is -0.750. The van der Waals surface area contributed by atoms with E-state index in [1.807, 2.05) is 13.0 Å². The fraction of sp³-hybridized carbons (Fsp3) is 0.762. The Morgan fingerprint density at radius 2 is 2.12 bits per heavy atom. The van der Waals surface area contributed by atoms with Crippen molar-refractivity contribution in [1.29, 1.82) is 0 Å². The smallest absolute Gasteiger partial charge is 0.303 e. The van der Waals surface area contributed by atoms with Crippen molar-refractivity contribution in [2.45, 2.75) is 83.2 Å². The van der Waals surface area contributed by atoms with Gasteiger partial charge in [-0.1, -0.05) is 25.5 Å². The zero-order valence-corrected chi connectivity index (χ0v) is 15.8. The molecule has 1 saturated carbocycles. The summed E-state index contributed by atoms with van der Waals surface area (Å²) in [5.41, 5.74) is 0. The van der Waals surface area contributed by atoms with Gasteiger partial charge >= 0.3 is 5.97 Å². The Hall–Kier alpha value is -1.35.